The first kappa shape index (κ1) is 20.2. The van der Waals surface area contributed by atoms with E-state index in [1.807, 2.05) is 6.92 Å². The van der Waals surface area contributed by atoms with Crippen molar-refractivity contribution in [3.8, 4) is 0 Å². The standard InChI is InChI=1S/C17H25N3O3S.ClH/c1-13-6-8-15(9-7-13)24(22,23)20-11-3-5-16(20)17(21)19-14-4-2-10-18-12-14;/h6-9,14,16,18H,2-5,10-12H2,1H3,(H,19,21);1H/t14-,16?;/m0./s1. The van der Waals surface area contributed by atoms with Gasteiger partial charge < -0.3 is 10.6 Å². The van der Waals surface area contributed by atoms with Crippen LogP contribution in [0.25, 0.3) is 0 Å². The van der Waals surface area contributed by atoms with Crippen LogP contribution in [-0.4, -0.2) is 50.3 Å². The van der Waals surface area contributed by atoms with Crippen LogP contribution in [-0.2, 0) is 14.8 Å². The van der Waals surface area contributed by atoms with E-state index in [4.69, 9.17) is 0 Å². The monoisotopic (exact) mass is 387 g/mol. The Morgan fingerprint density at radius 1 is 1.20 bits per heavy atom. The number of hydrogen-bond donors (Lipinski definition) is 2. The number of piperidine rings is 1. The SMILES string of the molecule is Cc1ccc(S(=O)(=O)N2CCCC2C(=O)N[C@H]2CCCNC2)cc1.Cl. The molecule has 2 fully saturated rings. The highest BCUT2D eigenvalue weighted by molar-refractivity contribution is 7.89. The molecular formula is C17H26ClN3O3S. The van der Waals surface area contributed by atoms with Gasteiger partial charge in [0.15, 0.2) is 0 Å². The average Bonchev–Trinajstić information content (AvgIpc) is 3.07. The van der Waals surface area contributed by atoms with Crippen LogP contribution in [0.4, 0.5) is 0 Å². The van der Waals surface area contributed by atoms with Gasteiger partial charge in [0.1, 0.15) is 6.04 Å². The van der Waals surface area contributed by atoms with Gasteiger partial charge in [0.25, 0.3) is 0 Å². The molecule has 8 heteroatoms. The number of aryl methyl sites for hydroxylation is 1. The first-order valence-corrected chi connectivity index (χ1v) is 10.0. The summed E-state index contributed by atoms with van der Waals surface area (Å²) in [4.78, 5) is 12.9. The number of hydrogen-bond acceptors (Lipinski definition) is 4. The Morgan fingerprint density at radius 2 is 1.92 bits per heavy atom. The van der Waals surface area contributed by atoms with Gasteiger partial charge in [-0.1, -0.05) is 17.7 Å². The average molecular weight is 388 g/mol. The topological polar surface area (TPSA) is 78.5 Å². The summed E-state index contributed by atoms with van der Waals surface area (Å²) in [7, 11) is -3.63. The van der Waals surface area contributed by atoms with Gasteiger partial charge in [-0.25, -0.2) is 8.42 Å². The molecule has 0 radical (unpaired) electrons. The van der Waals surface area contributed by atoms with Crippen molar-refractivity contribution in [2.75, 3.05) is 19.6 Å². The summed E-state index contributed by atoms with van der Waals surface area (Å²) < 4.78 is 27.1. The van der Waals surface area contributed by atoms with Gasteiger partial charge in [-0.2, -0.15) is 4.31 Å². The number of sulfonamides is 1. The third-order valence-electron chi connectivity index (χ3n) is 4.78. The fourth-order valence-electron chi connectivity index (χ4n) is 3.41. The van der Waals surface area contributed by atoms with Crippen LogP contribution in [0, 0.1) is 6.92 Å². The van der Waals surface area contributed by atoms with Gasteiger partial charge in [0.2, 0.25) is 15.9 Å². The summed E-state index contributed by atoms with van der Waals surface area (Å²) in [6, 6.07) is 6.29. The Balaban J connectivity index is 0.00000225. The molecule has 0 aliphatic carbocycles. The Labute approximate surface area is 155 Å². The molecule has 2 heterocycles. The first-order valence-electron chi connectivity index (χ1n) is 8.58. The molecule has 0 saturated carbocycles. The van der Waals surface area contributed by atoms with Gasteiger partial charge in [-0.3, -0.25) is 4.79 Å². The highest BCUT2D eigenvalue weighted by Gasteiger charge is 2.39. The second-order valence-electron chi connectivity index (χ2n) is 6.64. The Morgan fingerprint density at radius 3 is 2.56 bits per heavy atom. The van der Waals surface area contributed by atoms with Crippen LogP contribution in [0.1, 0.15) is 31.2 Å². The van der Waals surface area contributed by atoms with Crippen LogP contribution in [0.15, 0.2) is 29.2 Å². The van der Waals surface area contributed by atoms with Crippen molar-refractivity contribution in [1.82, 2.24) is 14.9 Å². The van der Waals surface area contributed by atoms with Crippen molar-refractivity contribution in [2.24, 2.45) is 0 Å². The number of amides is 1. The molecule has 2 aliphatic rings. The zero-order valence-corrected chi connectivity index (χ0v) is 16.0. The van der Waals surface area contributed by atoms with Crippen LogP contribution in [0.2, 0.25) is 0 Å². The number of carbonyl (C=O) groups excluding carboxylic acids is 1. The van der Waals surface area contributed by atoms with Gasteiger partial charge in [0, 0.05) is 19.1 Å². The lowest BCUT2D eigenvalue weighted by atomic mass is 10.1. The van der Waals surface area contributed by atoms with Crippen molar-refractivity contribution in [3.63, 3.8) is 0 Å². The molecule has 3 rings (SSSR count). The number of nitrogens with zero attached hydrogens (tertiary/aromatic N) is 1. The fraction of sp³-hybridized carbons (Fsp3) is 0.588. The minimum absolute atomic E-state index is 0. The van der Waals surface area contributed by atoms with Gasteiger partial charge in [-0.05, 0) is 51.3 Å². The van der Waals surface area contributed by atoms with Crippen LogP contribution >= 0.6 is 12.4 Å². The number of nitrogens with one attached hydrogen (secondary N) is 2. The maximum atomic E-state index is 12.9. The molecular weight excluding hydrogens is 362 g/mol. The smallest absolute Gasteiger partial charge is 0.243 e. The van der Waals surface area contributed by atoms with E-state index >= 15 is 0 Å². The summed E-state index contributed by atoms with van der Waals surface area (Å²) in [6.45, 7) is 4.05. The van der Waals surface area contributed by atoms with Crippen LogP contribution < -0.4 is 10.6 Å². The summed E-state index contributed by atoms with van der Waals surface area (Å²) in [5.74, 6) is -0.170. The summed E-state index contributed by atoms with van der Waals surface area (Å²) in [5, 5.41) is 6.27. The lowest BCUT2D eigenvalue weighted by Crippen LogP contribution is -2.52. The highest BCUT2D eigenvalue weighted by atomic mass is 35.5. The van der Waals surface area contributed by atoms with Gasteiger partial charge in [-0.15, -0.1) is 12.4 Å². The molecule has 2 atom stereocenters. The molecule has 2 saturated heterocycles. The third-order valence-corrected chi connectivity index (χ3v) is 6.70. The summed E-state index contributed by atoms with van der Waals surface area (Å²) >= 11 is 0. The van der Waals surface area contributed by atoms with Crippen molar-refractivity contribution in [1.29, 1.82) is 0 Å². The van der Waals surface area contributed by atoms with E-state index in [0.717, 1.165) is 31.5 Å². The fourth-order valence-corrected chi connectivity index (χ4v) is 5.06. The van der Waals surface area contributed by atoms with Crippen molar-refractivity contribution >= 4 is 28.3 Å². The van der Waals surface area contributed by atoms with Crippen molar-refractivity contribution in [3.05, 3.63) is 29.8 Å². The molecule has 0 spiro atoms. The molecule has 6 nitrogen and oxygen atoms in total. The molecule has 1 aromatic carbocycles. The molecule has 25 heavy (non-hydrogen) atoms. The van der Waals surface area contributed by atoms with Crippen LogP contribution in [0.3, 0.4) is 0 Å². The predicted molar refractivity (Wildman–Crippen MR) is 99.4 cm³/mol. The molecule has 0 bridgehead atoms. The second kappa shape index (κ2) is 8.49. The van der Waals surface area contributed by atoms with E-state index in [9.17, 15) is 13.2 Å². The lowest BCUT2D eigenvalue weighted by molar-refractivity contribution is -0.125. The molecule has 140 valence electrons. The van der Waals surface area contributed by atoms with E-state index in [0.29, 0.717) is 19.4 Å². The predicted octanol–water partition coefficient (Wildman–Crippen LogP) is 1.44. The minimum Gasteiger partial charge on any atom is -0.351 e. The largest absolute Gasteiger partial charge is 0.351 e. The molecule has 0 aromatic heterocycles. The van der Waals surface area contributed by atoms with E-state index in [1.165, 1.54) is 4.31 Å². The van der Waals surface area contributed by atoms with Crippen molar-refractivity contribution < 1.29 is 13.2 Å². The first-order chi connectivity index (χ1) is 11.5. The van der Waals surface area contributed by atoms with Gasteiger partial charge >= 0.3 is 0 Å². The highest BCUT2D eigenvalue weighted by Crippen LogP contribution is 2.26. The number of carbonyl (C=O) groups is 1. The Bertz CT molecular complexity index is 688. The third kappa shape index (κ3) is 4.53. The van der Waals surface area contributed by atoms with E-state index < -0.39 is 16.1 Å². The quantitative estimate of drug-likeness (QED) is 0.819. The molecule has 2 aliphatic heterocycles. The van der Waals surface area contributed by atoms with Crippen molar-refractivity contribution in [2.45, 2.75) is 49.6 Å². The Hall–Kier alpha value is -1.15. The maximum Gasteiger partial charge on any atom is 0.243 e. The van der Waals surface area contributed by atoms with Crippen LogP contribution in [0.5, 0.6) is 0 Å². The summed E-state index contributed by atoms with van der Waals surface area (Å²) in [5.41, 5.74) is 1.01. The number of rotatable bonds is 4. The molecule has 1 unspecified atom stereocenters. The molecule has 2 N–H and O–H groups in total. The van der Waals surface area contributed by atoms with E-state index in [2.05, 4.69) is 10.6 Å². The van der Waals surface area contributed by atoms with E-state index in [1.54, 1.807) is 24.3 Å². The molecule has 1 aromatic rings. The molecule has 1 amide bonds. The summed E-state index contributed by atoms with van der Waals surface area (Å²) in [6.07, 6.45) is 3.26. The second-order valence-corrected chi connectivity index (χ2v) is 8.53. The zero-order valence-electron chi connectivity index (χ0n) is 14.4. The number of halogens is 1. The van der Waals surface area contributed by atoms with Gasteiger partial charge in [0.05, 0.1) is 4.90 Å². The zero-order chi connectivity index (χ0) is 17.2. The minimum atomic E-state index is -3.63. The van der Waals surface area contributed by atoms with E-state index in [-0.39, 0.29) is 29.3 Å². The Kier molecular flexibility index (Phi) is 6.85. The lowest BCUT2D eigenvalue weighted by Gasteiger charge is -2.28. The number of benzene rings is 1. The normalized spacial score (nSPS) is 24.5. The maximum absolute atomic E-state index is 12.9.